The first-order chi connectivity index (χ1) is 14.8. The number of sulfonamides is 1. The first kappa shape index (κ1) is 21.4. The van der Waals surface area contributed by atoms with Crippen LogP contribution in [-0.4, -0.2) is 53.7 Å². The topological polar surface area (TPSA) is 96.7 Å². The Hall–Kier alpha value is -2.88. The van der Waals surface area contributed by atoms with Crippen molar-refractivity contribution in [3.63, 3.8) is 0 Å². The lowest BCUT2D eigenvalue weighted by atomic mass is 10.1. The van der Waals surface area contributed by atoms with Crippen molar-refractivity contribution in [1.29, 1.82) is 0 Å². The minimum Gasteiger partial charge on any atom is -0.296 e. The largest absolute Gasteiger partial charge is 0.296 e. The van der Waals surface area contributed by atoms with E-state index in [1.807, 2.05) is 25.1 Å². The predicted molar refractivity (Wildman–Crippen MR) is 118 cm³/mol. The standard InChI is InChI=1S/C22H24N4O4S/c1-16-13-18-5-4-8-21(22(18)23-14-16)31(29,30)25-11-9-24(10-12-25)15-19-6-3-7-20(17(19)2)26(27)28/h3-8,13-14H,9-12,15H2,1-2H3. The molecule has 0 amide bonds. The van der Waals surface area contributed by atoms with Gasteiger partial charge in [-0.1, -0.05) is 24.3 Å². The summed E-state index contributed by atoms with van der Waals surface area (Å²) in [5.74, 6) is 0. The van der Waals surface area contributed by atoms with Gasteiger partial charge in [0.1, 0.15) is 4.90 Å². The third kappa shape index (κ3) is 4.16. The molecule has 0 saturated carbocycles. The van der Waals surface area contributed by atoms with Crippen LogP contribution in [-0.2, 0) is 16.6 Å². The molecule has 1 aromatic heterocycles. The van der Waals surface area contributed by atoms with Crippen molar-refractivity contribution in [3.8, 4) is 0 Å². The summed E-state index contributed by atoms with van der Waals surface area (Å²) in [5.41, 5.74) is 3.12. The zero-order valence-electron chi connectivity index (χ0n) is 17.5. The summed E-state index contributed by atoms with van der Waals surface area (Å²) >= 11 is 0. The van der Waals surface area contributed by atoms with Crippen molar-refractivity contribution in [1.82, 2.24) is 14.2 Å². The maximum Gasteiger partial charge on any atom is 0.272 e. The normalized spacial score (nSPS) is 15.9. The van der Waals surface area contributed by atoms with Crippen LogP contribution in [0.1, 0.15) is 16.7 Å². The molecule has 2 aromatic carbocycles. The van der Waals surface area contributed by atoms with Crippen LogP contribution in [0, 0.1) is 24.0 Å². The van der Waals surface area contributed by atoms with E-state index >= 15 is 0 Å². The number of hydrogen-bond donors (Lipinski definition) is 0. The highest BCUT2D eigenvalue weighted by Gasteiger charge is 2.30. The summed E-state index contributed by atoms with van der Waals surface area (Å²) in [6.07, 6.45) is 1.68. The molecule has 0 N–H and O–H groups in total. The van der Waals surface area contributed by atoms with Crippen LogP contribution in [0.25, 0.3) is 10.9 Å². The van der Waals surface area contributed by atoms with Crippen molar-refractivity contribution in [2.45, 2.75) is 25.3 Å². The number of benzene rings is 2. The highest BCUT2D eigenvalue weighted by atomic mass is 32.2. The molecule has 1 aliphatic heterocycles. The Morgan fingerprint density at radius 2 is 1.77 bits per heavy atom. The summed E-state index contributed by atoms with van der Waals surface area (Å²) in [4.78, 5) is 17.5. The van der Waals surface area contributed by atoms with Crippen molar-refractivity contribution in [2.75, 3.05) is 26.2 Å². The fraction of sp³-hybridized carbons (Fsp3) is 0.318. The van der Waals surface area contributed by atoms with Crippen LogP contribution < -0.4 is 0 Å². The fourth-order valence-electron chi connectivity index (χ4n) is 4.00. The number of piperazine rings is 1. The van der Waals surface area contributed by atoms with E-state index < -0.39 is 10.0 Å². The first-order valence-electron chi connectivity index (χ1n) is 10.1. The number of hydrogen-bond acceptors (Lipinski definition) is 6. The third-order valence-corrected chi connectivity index (χ3v) is 7.70. The Morgan fingerprint density at radius 3 is 2.48 bits per heavy atom. The van der Waals surface area contributed by atoms with Crippen molar-refractivity contribution < 1.29 is 13.3 Å². The zero-order chi connectivity index (χ0) is 22.2. The van der Waals surface area contributed by atoms with Crippen molar-refractivity contribution in [2.24, 2.45) is 0 Å². The van der Waals surface area contributed by atoms with E-state index in [2.05, 4.69) is 9.88 Å². The van der Waals surface area contributed by atoms with Gasteiger partial charge in [-0.2, -0.15) is 4.31 Å². The highest BCUT2D eigenvalue weighted by molar-refractivity contribution is 7.89. The van der Waals surface area contributed by atoms with Gasteiger partial charge in [0, 0.05) is 55.9 Å². The monoisotopic (exact) mass is 440 g/mol. The van der Waals surface area contributed by atoms with Gasteiger partial charge in [0.2, 0.25) is 10.0 Å². The van der Waals surface area contributed by atoms with Gasteiger partial charge in [-0.25, -0.2) is 8.42 Å². The number of nitrogens with zero attached hydrogens (tertiary/aromatic N) is 4. The first-order valence-corrected chi connectivity index (χ1v) is 11.5. The van der Waals surface area contributed by atoms with Crippen molar-refractivity contribution >= 4 is 26.6 Å². The van der Waals surface area contributed by atoms with Gasteiger partial charge >= 0.3 is 0 Å². The second kappa shape index (κ2) is 8.33. The van der Waals surface area contributed by atoms with E-state index in [4.69, 9.17) is 0 Å². The summed E-state index contributed by atoms with van der Waals surface area (Å²) in [7, 11) is -3.67. The molecule has 4 rings (SSSR count). The molecule has 0 bridgehead atoms. The lowest BCUT2D eigenvalue weighted by molar-refractivity contribution is -0.385. The molecule has 162 valence electrons. The summed E-state index contributed by atoms with van der Waals surface area (Å²) in [6, 6.07) is 12.2. The van der Waals surface area contributed by atoms with E-state index in [1.54, 1.807) is 31.3 Å². The van der Waals surface area contributed by atoms with Gasteiger partial charge in [0.05, 0.1) is 10.4 Å². The van der Waals surface area contributed by atoms with Crippen LogP contribution in [0.2, 0.25) is 0 Å². The zero-order valence-corrected chi connectivity index (χ0v) is 18.3. The molecular formula is C22H24N4O4S. The molecular weight excluding hydrogens is 416 g/mol. The number of aromatic nitrogens is 1. The van der Waals surface area contributed by atoms with Crippen LogP contribution >= 0.6 is 0 Å². The molecule has 1 aliphatic rings. The fourth-order valence-corrected chi connectivity index (χ4v) is 5.59. The molecule has 1 fully saturated rings. The number of fused-ring (bicyclic) bond motifs is 1. The van der Waals surface area contributed by atoms with Crippen LogP contribution in [0.3, 0.4) is 0 Å². The number of nitro groups is 1. The number of pyridine rings is 1. The predicted octanol–water partition coefficient (Wildman–Crippen LogP) is 3.27. The summed E-state index contributed by atoms with van der Waals surface area (Å²) < 4.78 is 28.1. The van der Waals surface area contributed by atoms with Gasteiger partial charge in [-0.05, 0) is 37.1 Å². The number of para-hydroxylation sites is 1. The molecule has 3 aromatic rings. The quantitative estimate of drug-likeness (QED) is 0.446. The molecule has 1 saturated heterocycles. The average Bonchev–Trinajstić information content (AvgIpc) is 2.74. The Balaban J connectivity index is 1.50. The Labute approximate surface area is 181 Å². The molecule has 0 unspecified atom stereocenters. The van der Waals surface area contributed by atoms with Crippen LogP contribution in [0.5, 0.6) is 0 Å². The number of nitro benzene ring substituents is 1. The Kier molecular flexibility index (Phi) is 5.74. The SMILES string of the molecule is Cc1cnc2c(S(=O)(=O)N3CCN(Cc4cccc([N+](=O)[O-])c4C)CC3)cccc2c1. The number of rotatable bonds is 5. The Morgan fingerprint density at radius 1 is 1.06 bits per heavy atom. The van der Waals surface area contributed by atoms with Crippen LogP contribution in [0.4, 0.5) is 5.69 Å². The molecule has 0 radical (unpaired) electrons. The molecule has 2 heterocycles. The molecule has 0 atom stereocenters. The molecule has 0 spiro atoms. The van der Waals surface area contributed by atoms with Gasteiger partial charge in [-0.15, -0.1) is 0 Å². The molecule has 31 heavy (non-hydrogen) atoms. The minimum absolute atomic E-state index is 0.109. The highest BCUT2D eigenvalue weighted by Crippen LogP contribution is 2.27. The second-order valence-electron chi connectivity index (χ2n) is 7.84. The van der Waals surface area contributed by atoms with Gasteiger partial charge < -0.3 is 0 Å². The maximum atomic E-state index is 13.3. The van der Waals surface area contributed by atoms with E-state index in [0.717, 1.165) is 16.5 Å². The molecule has 9 heteroatoms. The third-order valence-electron chi connectivity index (χ3n) is 5.77. The second-order valence-corrected chi connectivity index (χ2v) is 9.75. The number of aryl methyl sites for hydroxylation is 1. The summed E-state index contributed by atoms with van der Waals surface area (Å²) in [6.45, 7) is 6.06. The van der Waals surface area contributed by atoms with Gasteiger partial charge in [-0.3, -0.25) is 20.0 Å². The molecule has 0 aliphatic carbocycles. The van der Waals surface area contributed by atoms with Gasteiger partial charge in [0.15, 0.2) is 0 Å². The minimum atomic E-state index is -3.67. The van der Waals surface area contributed by atoms with E-state index in [0.29, 0.717) is 43.8 Å². The molecule has 8 nitrogen and oxygen atoms in total. The summed E-state index contributed by atoms with van der Waals surface area (Å²) in [5, 5.41) is 12.0. The average molecular weight is 441 g/mol. The lowest BCUT2D eigenvalue weighted by Crippen LogP contribution is -2.48. The van der Waals surface area contributed by atoms with E-state index in [9.17, 15) is 18.5 Å². The smallest absolute Gasteiger partial charge is 0.272 e. The Bertz CT molecular complexity index is 1250. The van der Waals surface area contributed by atoms with Crippen molar-refractivity contribution in [3.05, 3.63) is 75.5 Å². The van der Waals surface area contributed by atoms with E-state index in [-0.39, 0.29) is 15.5 Å². The van der Waals surface area contributed by atoms with E-state index in [1.165, 1.54) is 10.4 Å². The van der Waals surface area contributed by atoms with Gasteiger partial charge in [0.25, 0.3) is 5.69 Å². The maximum absolute atomic E-state index is 13.3. The van der Waals surface area contributed by atoms with Crippen LogP contribution in [0.15, 0.2) is 53.6 Å². The lowest BCUT2D eigenvalue weighted by Gasteiger charge is -2.34.